The molecule has 1 heterocycles. The van der Waals surface area contributed by atoms with Crippen LogP contribution in [0, 0.1) is 23.5 Å². The Hall–Kier alpha value is -1.65. The highest BCUT2D eigenvalue weighted by Gasteiger charge is 2.36. The second-order valence-corrected chi connectivity index (χ2v) is 6.17. The van der Waals surface area contributed by atoms with Crippen molar-refractivity contribution in [2.75, 3.05) is 39.9 Å². The van der Waals surface area contributed by atoms with Crippen LogP contribution in [0.4, 0.5) is 8.78 Å². The Balaban J connectivity index is 0.00000364. The van der Waals surface area contributed by atoms with Gasteiger partial charge in [-0.15, -0.1) is 24.0 Å². The number of carbonyl (C=O) groups excluding carboxylic acids is 1. The average Bonchev–Trinajstić information content (AvgIpc) is 3.00. The normalized spacial score (nSPS) is 19.4. The fourth-order valence-electron chi connectivity index (χ4n) is 2.92. The van der Waals surface area contributed by atoms with E-state index in [0.717, 1.165) is 12.1 Å². The number of aliphatic imine (C=N–C) groups is 1. The number of likely N-dealkylation sites (tertiary alicyclic amines) is 1. The minimum Gasteiger partial charge on any atom is -0.489 e. The lowest BCUT2D eigenvalue weighted by Gasteiger charge is -2.21. The first kappa shape index (κ1) is 23.4. The molecule has 0 radical (unpaired) electrons. The second kappa shape index (κ2) is 11.3. The van der Waals surface area contributed by atoms with Gasteiger partial charge in [0.15, 0.2) is 17.5 Å². The highest BCUT2D eigenvalue weighted by atomic mass is 127. The van der Waals surface area contributed by atoms with Crippen molar-refractivity contribution in [3.63, 3.8) is 0 Å². The van der Waals surface area contributed by atoms with E-state index in [-0.39, 0.29) is 54.1 Å². The van der Waals surface area contributed by atoms with Crippen molar-refractivity contribution in [3.05, 3.63) is 29.8 Å². The molecule has 0 aromatic heterocycles. The van der Waals surface area contributed by atoms with Crippen LogP contribution in [-0.2, 0) is 9.53 Å². The van der Waals surface area contributed by atoms with Gasteiger partial charge in [0, 0.05) is 25.7 Å². The predicted molar refractivity (Wildman–Crippen MR) is 109 cm³/mol. The van der Waals surface area contributed by atoms with E-state index >= 15 is 0 Å². The van der Waals surface area contributed by atoms with Crippen LogP contribution < -0.4 is 10.1 Å². The zero-order valence-corrected chi connectivity index (χ0v) is 18.0. The highest BCUT2D eigenvalue weighted by molar-refractivity contribution is 14.0. The first-order valence-electron chi connectivity index (χ1n) is 8.65. The Bertz CT molecular complexity index is 661. The summed E-state index contributed by atoms with van der Waals surface area (Å²) in [6, 6.07) is 3.17. The second-order valence-electron chi connectivity index (χ2n) is 6.17. The Morgan fingerprint density at radius 3 is 2.74 bits per heavy atom. The summed E-state index contributed by atoms with van der Waals surface area (Å²) < 4.78 is 36.6. The van der Waals surface area contributed by atoms with Gasteiger partial charge in [0.05, 0.1) is 19.6 Å². The number of guanidine groups is 1. The quantitative estimate of drug-likeness (QED) is 0.215. The number of nitrogens with zero attached hydrogens (tertiary/aromatic N) is 2. The third kappa shape index (κ3) is 6.47. The van der Waals surface area contributed by atoms with Crippen molar-refractivity contribution in [3.8, 4) is 5.75 Å². The fourth-order valence-corrected chi connectivity index (χ4v) is 2.92. The maximum atomic E-state index is 13.5. The molecular weight excluding hydrogens is 471 g/mol. The number of halogens is 3. The van der Waals surface area contributed by atoms with Crippen molar-refractivity contribution in [1.29, 1.82) is 0 Å². The minimum atomic E-state index is -0.741. The maximum absolute atomic E-state index is 13.5. The van der Waals surface area contributed by atoms with E-state index < -0.39 is 11.6 Å². The third-order valence-electron chi connectivity index (χ3n) is 4.26. The number of benzene rings is 1. The van der Waals surface area contributed by atoms with Gasteiger partial charge in [-0.25, -0.2) is 13.8 Å². The summed E-state index contributed by atoms with van der Waals surface area (Å²) in [5, 5.41) is 3.18. The number of esters is 1. The molecule has 1 N–H and O–H groups in total. The monoisotopic (exact) mass is 497 g/mol. The molecule has 1 aromatic rings. The predicted octanol–water partition coefficient (Wildman–Crippen LogP) is 2.67. The number of rotatable bonds is 6. The molecular formula is C18H26F2IN3O3. The number of methoxy groups -OCH3 is 1. The topological polar surface area (TPSA) is 63.2 Å². The zero-order chi connectivity index (χ0) is 19.1. The number of carbonyl (C=O) groups is 1. The van der Waals surface area contributed by atoms with Crippen LogP contribution in [0.15, 0.2) is 23.2 Å². The molecule has 0 aliphatic carbocycles. The van der Waals surface area contributed by atoms with Gasteiger partial charge in [0.25, 0.3) is 0 Å². The molecule has 2 atom stereocenters. The summed E-state index contributed by atoms with van der Waals surface area (Å²) in [4.78, 5) is 18.3. The number of nitrogens with one attached hydrogen (secondary N) is 1. The van der Waals surface area contributed by atoms with E-state index in [4.69, 9.17) is 9.47 Å². The molecule has 2 unspecified atom stereocenters. The van der Waals surface area contributed by atoms with E-state index in [1.165, 1.54) is 13.2 Å². The number of hydrogen-bond donors (Lipinski definition) is 1. The van der Waals surface area contributed by atoms with E-state index in [9.17, 15) is 13.6 Å². The van der Waals surface area contributed by atoms with Gasteiger partial charge in [-0.3, -0.25) is 4.79 Å². The van der Waals surface area contributed by atoms with Gasteiger partial charge >= 0.3 is 5.97 Å². The maximum Gasteiger partial charge on any atom is 0.310 e. The average molecular weight is 497 g/mol. The van der Waals surface area contributed by atoms with Crippen LogP contribution in [0.25, 0.3) is 0 Å². The van der Waals surface area contributed by atoms with E-state index in [2.05, 4.69) is 10.3 Å². The number of ether oxygens (including phenoxy) is 2. The molecule has 1 aliphatic heterocycles. The van der Waals surface area contributed by atoms with Crippen LogP contribution in [0.2, 0.25) is 0 Å². The summed E-state index contributed by atoms with van der Waals surface area (Å²) in [5.74, 6) is -0.961. The fraction of sp³-hybridized carbons (Fsp3) is 0.556. The lowest BCUT2D eigenvalue weighted by atomic mass is 9.99. The summed E-state index contributed by atoms with van der Waals surface area (Å²) in [7, 11) is 1.39. The van der Waals surface area contributed by atoms with Gasteiger partial charge in [0.1, 0.15) is 12.4 Å². The van der Waals surface area contributed by atoms with Crippen molar-refractivity contribution < 1.29 is 23.0 Å². The lowest BCUT2D eigenvalue weighted by Crippen LogP contribution is -2.41. The summed E-state index contributed by atoms with van der Waals surface area (Å²) >= 11 is 0. The largest absolute Gasteiger partial charge is 0.489 e. The zero-order valence-electron chi connectivity index (χ0n) is 15.7. The molecule has 0 saturated carbocycles. The first-order chi connectivity index (χ1) is 12.5. The molecule has 6 nitrogen and oxygen atoms in total. The van der Waals surface area contributed by atoms with Crippen molar-refractivity contribution in [1.82, 2.24) is 10.2 Å². The van der Waals surface area contributed by atoms with E-state index in [1.807, 2.05) is 18.7 Å². The molecule has 0 bridgehead atoms. The van der Waals surface area contributed by atoms with Gasteiger partial charge in [0.2, 0.25) is 0 Å². The Kier molecular flexibility index (Phi) is 9.75. The third-order valence-corrected chi connectivity index (χ3v) is 4.26. The smallest absolute Gasteiger partial charge is 0.310 e. The Morgan fingerprint density at radius 1 is 1.37 bits per heavy atom. The van der Waals surface area contributed by atoms with Gasteiger partial charge in [-0.2, -0.15) is 0 Å². The minimum absolute atomic E-state index is 0. The van der Waals surface area contributed by atoms with Gasteiger partial charge < -0.3 is 19.7 Å². The van der Waals surface area contributed by atoms with Crippen molar-refractivity contribution >= 4 is 35.9 Å². The Labute approximate surface area is 175 Å². The van der Waals surface area contributed by atoms with Crippen LogP contribution in [0.1, 0.15) is 13.8 Å². The van der Waals surface area contributed by atoms with Gasteiger partial charge in [-0.05, 0) is 25.0 Å². The molecule has 1 aromatic carbocycles. The SMILES string of the molecule is CCNC(=NCCOc1ccc(F)cc1F)N1CC(C)C(C(=O)OC)C1.I. The van der Waals surface area contributed by atoms with Gasteiger partial charge in [-0.1, -0.05) is 6.92 Å². The molecule has 2 rings (SSSR count). The van der Waals surface area contributed by atoms with Crippen LogP contribution in [0.3, 0.4) is 0 Å². The summed E-state index contributed by atoms with van der Waals surface area (Å²) in [6.07, 6.45) is 0. The van der Waals surface area contributed by atoms with Crippen molar-refractivity contribution in [2.45, 2.75) is 13.8 Å². The highest BCUT2D eigenvalue weighted by Crippen LogP contribution is 2.24. The standard InChI is InChI=1S/C18H25F2N3O3.HI/c1-4-21-18(23-10-12(2)14(11-23)17(24)25-3)22-7-8-26-16-6-5-13(19)9-15(16)20;/h5-6,9,12,14H,4,7-8,10-11H2,1-3H3,(H,21,22);1H. The number of hydrogen-bond acceptors (Lipinski definition) is 4. The molecule has 0 spiro atoms. The molecule has 27 heavy (non-hydrogen) atoms. The summed E-state index contributed by atoms with van der Waals surface area (Å²) in [5.41, 5.74) is 0. The molecule has 1 saturated heterocycles. The van der Waals surface area contributed by atoms with E-state index in [0.29, 0.717) is 32.1 Å². The first-order valence-corrected chi connectivity index (χ1v) is 8.65. The molecule has 0 amide bonds. The molecule has 1 aliphatic rings. The van der Waals surface area contributed by atoms with Crippen molar-refractivity contribution in [2.24, 2.45) is 16.8 Å². The Morgan fingerprint density at radius 2 is 2.11 bits per heavy atom. The van der Waals surface area contributed by atoms with E-state index in [1.54, 1.807) is 0 Å². The van der Waals surface area contributed by atoms with Crippen LogP contribution in [0.5, 0.6) is 5.75 Å². The molecule has 152 valence electrons. The van der Waals surface area contributed by atoms with Crippen LogP contribution >= 0.6 is 24.0 Å². The lowest BCUT2D eigenvalue weighted by molar-refractivity contribution is -0.145. The summed E-state index contributed by atoms with van der Waals surface area (Å²) in [6.45, 7) is 6.32. The van der Waals surface area contributed by atoms with Crippen LogP contribution in [-0.4, -0.2) is 56.7 Å². The molecule has 9 heteroatoms. The molecule has 1 fully saturated rings.